The highest BCUT2D eigenvalue weighted by Crippen LogP contribution is 2.28. The van der Waals surface area contributed by atoms with Crippen LogP contribution in [0.1, 0.15) is 26.3 Å². The zero-order chi connectivity index (χ0) is 21.3. The zero-order valence-corrected chi connectivity index (χ0v) is 18.3. The summed E-state index contributed by atoms with van der Waals surface area (Å²) in [4.78, 5) is 16.7. The summed E-state index contributed by atoms with van der Waals surface area (Å²) in [5.74, 6) is 1.78. The van der Waals surface area contributed by atoms with E-state index in [4.69, 9.17) is 9.47 Å². The Bertz CT molecular complexity index is 800. The molecule has 1 fully saturated rings. The van der Waals surface area contributed by atoms with Gasteiger partial charge in [0.25, 0.3) is 0 Å². The van der Waals surface area contributed by atoms with Gasteiger partial charge in [0.2, 0.25) is 0 Å². The van der Waals surface area contributed by atoms with Gasteiger partial charge >= 0.3 is 6.03 Å². The molecule has 3 rings (SSSR count). The maximum absolute atomic E-state index is 12.5. The van der Waals surface area contributed by atoms with Crippen LogP contribution in [-0.4, -0.2) is 56.4 Å². The molecule has 0 radical (unpaired) electrons. The number of nitrogens with one attached hydrogen (secondary N) is 1. The first-order valence-corrected chi connectivity index (χ1v) is 10.8. The highest BCUT2D eigenvalue weighted by molar-refractivity contribution is 5.74. The Balaban J connectivity index is 1.42. The Morgan fingerprint density at radius 1 is 1.03 bits per heavy atom. The van der Waals surface area contributed by atoms with E-state index in [1.54, 1.807) is 0 Å². The molecule has 2 aromatic carbocycles. The molecule has 6 heteroatoms. The number of ether oxygens (including phenoxy) is 2. The van der Waals surface area contributed by atoms with Crippen molar-refractivity contribution in [3.05, 3.63) is 54.1 Å². The molecule has 0 bridgehead atoms. The Morgan fingerprint density at radius 2 is 1.73 bits per heavy atom. The Labute approximate surface area is 179 Å². The number of urea groups is 1. The summed E-state index contributed by atoms with van der Waals surface area (Å²) >= 11 is 0. The molecule has 1 N–H and O–H groups in total. The van der Waals surface area contributed by atoms with E-state index in [9.17, 15) is 4.79 Å². The summed E-state index contributed by atoms with van der Waals surface area (Å²) in [5, 5.41) is 3.05. The number of piperazine rings is 1. The number of rotatable bonds is 8. The number of carbonyl (C=O) groups is 1. The number of benzene rings is 2. The van der Waals surface area contributed by atoms with Crippen molar-refractivity contribution in [2.24, 2.45) is 0 Å². The fourth-order valence-electron chi connectivity index (χ4n) is 3.58. The van der Waals surface area contributed by atoms with Crippen LogP contribution in [0, 0.1) is 0 Å². The van der Waals surface area contributed by atoms with E-state index in [2.05, 4.69) is 28.4 Å². The highest BCUT2D eigenvalue weighted by atomic mass is 16.5. The van der Waals surface area contributed by atoms with Crippen LogP contribution in [-0.2, 0) is 6.42 Å². The van der Waals surface area contributed by atoms with E-state index in [1.165, 1.54) is 5.56 Å². The number of amides is 2. The predicted octanol–water partition coefficient (Wildman–Crippen LogP) is 3.95. The van der Waals surface area contributed by atoms with E-state index in [0.717, 1.165) is 36.7 Å². The fourth-order valence-corrected chi connectivity index (χ4v) is 3.58. The van der Waals surface area contributed by atoms with Crippen molar-refractivity contribution < 1.29 is 14.3 Å². The Morgan fingerprint density at radius 3 is 2.40 bits per heavy atom. The largest absolute Gasteiger partial charge is 0.492 e. The third-order valence-electron chi connectivity index (χ3n) is 5.06. The Kier molecular flexibility index (Phi) is 7.82. The monoisotopic (exact) mass is 411 g/mol. The minimum Gasteiger partial charge on any atom is -0.492 e. The van der Waals surface area contributed by atoms with Crippen molar-refractivity contribution in [3.8, 4) is 11.5 Å². The number of anilines is 1. The Hall–Kier alpha value is -2.89. The van der Waals surface area contributed by atoms with Gasteiger partial charge in [-0.3, -0.25) is 0 Å². The van der Waals surface area contributed by atoms with Crippen molar-refractivity contribution in [2.75, 3.05) is 44.2 Å². The third-order valence-corrected chi connectivity index (χ3v) is 5.06. The summed E-state index contributed by atoms with van der Waals surface area (Å²) in [7, 11) is 0. The minimum absolute atomic E-state index is 0.00695. The predicted molar refractivity (Wildman–Crippen MR) is 121 cm³/mol. The van der Waals surface area contributed by atoms with Crippen LogP contribution in [0.3, 0.4) is 0 Å². The van der Waals surface area contributed by atoms with E-state index in [0.29, 0.717) is 26.2 Å². The summed E-state index contributed by atoms with van der Waals surface area (Å²) < 4.78 is 11.4. The first-order valence-electron chi connectivity index (χ1n) is 10.8. The summed E-state index contributed by atoms with van der Waals surface area (Å²) in [6.45, 7) is 10.3. The number of hydrogen-bond donors (Lipinski definition) is 1. The van der Waals surface area contributed by atoms with Crippen molar-refractivity contribution >= 4 is 11.7 Å². The van der Waals surface area contributed by atoms with Crippen LogP contribution in [0.4, 0.5) is 10.5 Å². The van der Waals surface area contributed by atoms with Gasteiger partial charge < -0.3 is 24.6 Å². The smallest absolute Gasteiger partial charge is 0.317 e. The SMILES string of the molecule is CCOc1ccccc1N1CCN(C(=O)NCCc2ccc(OC(C)C)cc2)CC1. The molecular weight excluding hydrogens is 378 g/mol. The molecule has 0 aliphatic carbocycles. The molecule has 30 heavy (non-hydrogen) atoms. The lowest BCUT2D eigenvalue weighted by Gasteiger charge is -2.36. The molecule has 0 spiro atoms. The van der Waals surface area contributed by atoms with E-state index >= 15 is 0 Å². The minimum atomic E-state index is 0.00695. The van der Waals surface area contributed by atoms with E-state index < -0.39 is 0 Å². The highest BCUT2D eigenvalue weighted by Gasteiger charge is 2.22. The average Bonchev–Trinajstić information content (AvgIpc) is 2.75. The van der Waals surface area contributed by atoms with Gasteiger partial charge in [-0.2, -0.15) is 0 Å². The molecule has 0 unspecified atom stereocenters. The second-order valence-electron chi connectivity index (χ2n) is 7.67. The molecule has 1 aliphatic heterocycles. The van der Waals surface area contributed by atoms with Crippen LogP contribution < -0.4 is 19.7 Å². The maximum atomic E-state index is 12.5. The van der Waals surface area contributed by atoms with Gasteiger partial charge in [0.15, 0.2) is 0 Å². The first kappa shape index (κ1) is 21.8. The molecular formula is C24H33N3O3. The summed E-state index contributed by atoms with van der Waals surface area (Å²) in [5.41, 5.74) is 2.29. The first-order chi connectivity index (χ1) is 14.6. The molecule has 0 aromatic heterocycles. The molecule has 1 aliphatic rings. The maximum Gasteiger partial charge on any atom is 0.317 e. The van der Waals surface area contributed by atoms with Crippen LogP contribution in [0.5, 0.6) is 11.5 Å². The van der Waals surface area contributed by atoms with Gasteiger partial charge in [0.05, 0.1) is 18.4 Å². The molecule has 0 saturated carbocycles. The van der Waals surface area contributed by atoms with Gasteiger partial charge in [0, 0.05) is 32.7 Å². The quantitative estimate of drug-likeness (QED) is 0.715. The lowest BCUT2D eigenvalue weighted by molar-refractivity contribution is 0.194. The van der Waals surface area contributed by atoms with E-state index in [-0.39, 0.29) is 12.1 Å². The lowest BCUT2D eigenvalue weighted by atomic mass is 10.1. The van der Waals surface area contributed by atoms with Crippen LogP contribution in [0.15, 0.2) is 48.5 Å². The number of carbonyl (C=O) groups excluding carboxylic acids is 1. The molecule has 162 valence electrons. The third kappa shape index (κ3) is 6.05. The number of para-hydroxylation sites is 2. The topological polar surface area (TPSA) is 54.0 Å². The van der Waals surface area contributed by atoms with Gasteiger partial charge in [-0.25, -0.2) is 4.79 Å². The van der Waals surface area contributed by atoms with Crippen LogP contribution in [0.2, 0.25) is 0 Å². The lowest BCUT2D eigenvalue weighted by Crippen LogP contribution is -2.52. The number of hydrogen-bond acceptors (Lipinski definition) is 4. The van der Waals surface area contributed by atoms with E-state index in [1.807, 2.05) is 56.0 Å². The van der Waals surface area contributed by atoms with Crippen LogP contribution >= 0.6 is 0 Å². The van der Waals surface area contributed by atoms with Crippen molar-refractivity contribution in [3.63, 3.8) is 0 Å². The standard InChI is InChI=1S/C24H33N3O3/c1-4-29-23-8-6-5-7-22(23)26-15-17-27(18-16-26)24(28)25-14-13-20-9-11-21(12-10-20)30-19(2)3/h5-12,19H,4,13-18H2,1-3H3,(H,25,28). The molecule has 0 atom stereocenters. The molecule has 6 nitrogen and oxygen atoms in total. The zero-order valence-electron chi connectivity index (χ0n) is 18.3. The molecule has 1 saturated heterocycles. The fraction of sp³-hybridized carbons (Fsp3) is 0.458. The average molecular weight is 412 g/mol. The molecule has 2 amide bonds. The second kappa shape index (κ2) is 10.8. The summed E-state index contributed by atoms with van der Waals surface area (Å²) in [6.07, 6.45) is 0.971. The summed E-state index contributed by atoms with van der Waals surface area (Å²) in [6, 6.07) is 16.2. The van der Waals surface area contributed by atoms with Crippen molar-refractivity contribution in [1.82, 2.24) is 10.2 Å². The molecule has 2 aromatic rings. The number of nitrogens with zero attached hydrogens (tertiary/aromatic N) is 2. The van der Waals surface area contributed by atoms with Gasteiger partial charge in [-0.05, 0) is 57.0 Å². The van der Waals surface area contributed by atoms with Crippen molar-refractivity contribution in [1.29, 1.82) is 0 Å². The van der Waals surface area contributed by atoms with Crippen LogP contribution in [0.25, 0.3) is 0 Å². The normalized spacial score (nSPS) is 14.0. The van der Waals surface area contributed by atoms with Gasteiger partial charge in [-0.1, -0.05) is 24.3 Å². The second-order valence-corrected chi connectivity index (χ2v) is 7.67. The van der Waals surface area contributed by atoms with Crippen molar-refractivity contribution in [2.45, 2.75) is 33.3 Å². The molecule has 1 heterocycles. The van der Waals surface area contributed by atoms with Gasteiger partial charge in [0.1, 0.15) is 11.5 Å². The van der Waals surface area contributed by atoms with Gasteiger partial charge in [-0.15, -0.1) is 0 Å².